The lowest BCUT2D eigenvalue weighted by Crippen LogP contribution is -1.99. The van der Waals surface area contributed by atoms with E-state index in [-0.39, 0.29) is 5.78 Å². The highest BCUT2D eigenvalue weighted by atomic mass is 16.1. The summed E-state index contributed by atoms with van der Waals surface area (Å²) < 4.78 is 0. The normalized spacial score (nSPS) is 15.8. The smallest absolute Gasteiger partial charge is 0.211 e. The highest BCUT2D eigenvalue weighted by Crippen LogP contribution is 2.28. The van der Waals surface area contributed by atoms with Gasteiger partial charge in [-0.15, -0.1) is 0 Å². The molecule has 1 aliphatic rings. The molecule has 0 unspecified atom stereocenters. The Morgan fingerprint density at radius 2 is 2.00 bits per heavy atom. The number of benzene rings is 1. The van der Waals surface area contributed by atoms with E-state index < -0.39 is 0 Å². The van der Waals surface area contributed by atoms with Crippen LogP contribution in [-0.2, 0) is 0 Å². The topological polar surface area (TPSA) is 42.0 Å². The summed E-state index contributed by atoms with van der Waals surface area (Å²) in [5, 5.41) is 3.12. The fourth-order valence-corrected chi connectivity index (χ4v) is 1.87. The summed E-state index contributed by atoms with van der Waals surface area (Å²) in [6, 6.07) is 11.3. The minimum atomic E-state index is 0.0319. The minimum absolute atomic E-state index is 0.0319. The molecule has 0 radical (unpaired) electrons. The maximum absolute atomic E-state index is 12.0. The number of hydrogen-bond acceptors (Lipinski definition) is 3. The highest BCUT2D eigenvalue weighted by Gasteiger charge is 2.23. The Bertz CT molecular complexity index is 603. The molecular formula is C14H10N2O. The van der Waals surface area contributed by atoms with Gasteiger partial charge in [-0.05, 0) is 29.8 Å². The second-order valence-corrected chi connectivity index (χ2v) is 3.84. The van der Waals surface area contributed by atoms with Crippen LogP contribution in [0.25, 0.3) is 6.08 Å². The van der Waals surface area contributed by atoms with E-state index in [0.717, 1.165) is 16.8 Å². The standard InChI is InChI=1S/C14H10N2O/c17-14-11-5-1-2-6-12(11)16-13(14)8-10-4-3-7-15-9-10/h1-9,16H/b13-8-. The molecular weight excluding hydrogens is 212 g/mol. The van der Waals surface area contributed by atoms with Crippen LogP contribution in [0.15, 0.2) is 54.5 Å². The van der Waals surface area contributed by atoms with E-state index in [1.54, 1.807) is 12.4 Å². The molecule has 0 amide bonds. The fraction of sp³-hybridized carbons (Fsp3) is 0. The quantitative estimate of drug-likeness (QED) is 0.754. The lowest BCUT2D eigenvalue weighted by atomic mass is 10.1. The van der Waals surface area contributed by atoms with Gasteiger partial charge in [0.1, 0.15) is 0 Å². The number of hydrogen-bond donors (Lipinski definition) is 1. The summed E-state index contributed by atoms with van der Waals surface area (Å²) >= 11 is 0. The summed E-state index contributed by atoms with van der Waals surface area (Å²) in [6.45, 7) is 0. The fourth-order valence-electron chi connectivity index (χ4n) is 1.87. The second-order valence-electron chi connectivity index (χ2n) is 3.84. The molecule has 17 heavy (non-hydrogen) atoms. The monoisotopic (exact) mass is 222 g/mol. The minimum Gasteiger partial charge on any atom is -0.352 e. The third-order valence-electron chi connectivity index (χ3n) is 2.68. The zero-order valence-corrected chi connectivity index (χ0v) is 9.05. The zero-order valence-electron chi connectivity index (χ0n) is 9.05. The molecule has 82 valence electrons. The first-order valence-corrected chi connectivity index (χ1v) is 5.37. The number of allylic oxidation sites excluding steroid dienone is 1. The molecule has 1 N–H and O–H groups in total. The zero-order chi connectivity index (χ0) is 11.7. The third kappa shape index (κ3) is 1.72. The van der Waals surface area contributed by atoms with Gasteiger partial charge in [0.25, 0.3) is 0 Å². The molecule has 0 bridgehead atoms. The van der Waals surface area contributed by atoms with Crippen molar-refractivity contribution in [1.82, 2.24) is 4.98 Å². The lowest BCUT2D eigenvalue weighted by molar-refractivity contribution is 0.104. The van der Waals surface area contributed by atoms with Crippen LogP contribution >= 0.6 is 0 Å². The molecule has 2 heterocycles. The van der Waals surface area contributed by atoms with Crippen molar-refractivity contribution in [2.24, 2.45) is 0 Å². The molecule has 0 saturated carbocycles. The first-order chi connectivity index (χ1) is 8.34. The SMILES string of the molecule is O=C1/C(=C/c2cccnc2)Nc2ccccc21. The maximum atomic E-state index is 12.0. The molecule has 3 rings (SSSR count). The van der Waals surface area contributed by atoms with Gasteiger partial charge in [0.15, 0.2) is 0 Å². The third-order valence-corrected chi connectivity index (χ3v) is 2.68. The van der Waals surface area contributed by atoms with E-state index in [4.69, 9.17) is 0 Å². The van der Waals surface area contributed by atoms with Crippen LogP contribution in [0.2, 0.25) is 0 Å². The largest absolute Gasteiger partial charge is 0.352 e. The van der Waals surface area contributed by atoms with Gasteiger partial charge in [-0.25, -0.2) is 0 Å². The van der Waals surface area contributed by atoms with Gasteiger partial charge >= 0.3 is 0 Å². The molecule has 3 heteroatoms. The number of carbonyl (C=O) groups is 1. The van der Waals surface area contributed by atoms with Crippen molar-refractivity contribution in [2.45, 2.75) is 0 Å². The number of fused-ring (bicyclic) bond motifs is 1. The Morgan fingerprint density at radius 1 is 1.12 bits per heavy atom. The first kappa shape index (κ1) is 9.78. The number of ketones is 1. The van der Waals surface area contributed by atoms with Crippen molar-refractivity contribution in [3.8, 4) is 0 Å². The average molecular weight is 222 g/mol. The molecule has 0 atom stereocenters. The van der Waals surface area contributed by atoms with E-state index in [1.165, 1.54) is 0 Å². The van der Waals surface area contributed by atoms with Crippen molar-refractivity contribution in [2.75, 3.05) is 5.32 Å². The van der Waals surface area contributed by atoms with Crippen LogP contribution in [0, 0.1) is 0 Å². The van der Waals surface area contributed by atoms with E-state index in [1.807, 2.05) is 42.5 Å². The highest BCUT2D eigenvalue weighted by molar-refractivity contribution is 6.20. The van der Waals surface area contributed by atoms with Crippen molar-refractivity contribution < 1.29 is 4.79 Å². The van der Waals surface area contributed by atoms with Crippen molar-refractivity contribution >= 4 is 17.5 Å². The summed E-state index contributed by atoms with van der Waals surface area (Å²) in [5.74, 6) is 0.0319. The summed E-state index contributed by atoms with van der Waals surface area (Å²) in [4.78, 5) is 16.1. The van der Waals surface area contributed by atoms with Crippen LogP contribution in [0.5, 0.6) is 0 Å². The van der Waals surface area contributed by atoms with Gasteiger partial charge in [-0.3, -0.25) is 9.78 Å². The number of rotatable bonds is 1. The number of nitrogens with one attached hydrogen (secondary N) is 1. The molecule has 1 aromatic carbocycles. The van der Waals surface area contributed by atoms with Crippen LogP contribution in [-0.4, -0.2) is 10.8 Å². The van der Waals surface area contributed by atoms with Gasteiger partial charge in [-0.2, -0.15) is 0 Å². The molecule has 1 aromatic heterocycles. The number of pyridine rings is 1. The summed E-state index contributed by atoms with van der Waals surface area (Å²) in [6.07, 6.45) is 5.25. The Labute approximate surface area is 98.8 Å². The van der Waals surface area contributed by atoms with E-state index in [9.17, 15) is 4.79 Å². The number of aromatic nitrogens is 1. The Kier molecular flexibility index (Phi) is 2.22. The Balaban J connectivity index is 2.00. The van der Waals surface area contributed by atoms with Crippen LogP contribution in [0.1, 0.15) is 15.9 Å². The van der Waals surface area contributed by atoms with Gasteiger partial charge in [0.05, 0.1) is 5.70 Å². The number of Topliss-reactive ketones (excluding diaryl/α,β-unsaturated/α-hetero) is 1. The molecule has 0 fully saturated rings. The molecule has 1 aliphatic heterocycles. The predicted octanol–water partition coefficient (Wildman–Crippen LogP) is 2.73. The second kappa shape index (κ2) is 3.87. The van der Waals surface area contributed by atoms with E-state index in [2.05, 4.69) is 10.3 Å². The lowest BCUT2D eigenvalue weighted by Gasteiger charge is -1.97. The van der Waals surface area contributed by atoms with E-state index in [0.29, 0.717) is 5.70 Å². The Hall–Kier alpha value is -2.42. The van der Waals surface area contributed by atoms with Crippen LogP contribution in [0.4, 0.5) is 5.69 Å². The molecule has 2 aromatic rings. The van der Waals surface area contributed by atoms with Crippen molar-refractivity contribution in [1.29, 1.82) is 0 Å². The predicted molar refractivity (Wildman–Crippen MR) is 66.6 cm³/mol. The van der Waals surface area contributed by atoms with Crippen LogP contribution in [0.3, 0.4) is 0 Å². The number of nitrogens with zero attached hydrogens (tertiary/aromatic N) is 1. The van der Waals surface area contributed by atoms with Crippen LogP contribution < -0.4 is 5.32 Å². The summed E-state index contributed by atoms with van der Waals surface area (Å²) in [7, 11) is 0. The van der Waals surface area contributed by atoms with Gasteiger partial charge in [0, 0.05) is 23.6 Å². The number of carbonyl (C=O) groups excluding carboxylic acids is 1. The van der Waals surface area contributed by atoms with E-state index >= 15 is 0 Å². The molecule has 3 nitrogen and oxygen atoms in total. The van der Waals surface area contributed by atoms with Crippen molar-refractivity contribution in [3.63, 3.8) is 0 Å². The number of anilines is 1. The molecule has 0 aliphatic carbocycles. The van der Waals surface area contributed by atoms with Crippen molar-refractivity contribution in [3.05, 3.63) is 65.6 Å². The first-order valence-electron chi connectivity index (χ1n) is 5.37. The average Bonchev–Trinajstić information content (AvgIpc) is 2.68. The summed E-state index contributed by atoms with van der Waals surface area (Å²) in [5.41, 5.74) is 3.10. The van der Waals surface area contributed by atoms with Gasteiger partial charge < -0.3 is 5.32 Å². The maximum Gasteiger partial charge on any atom is 0.211 e. The molecule has 0 saturated heterocycles. The Morgan fingerprint density at radius 3 is 2.76 bits per heavy atom. The number of para-hydroxylation sites is 1. The van der Waals surface area contributed by atoms with Gasteiger partial charge in [-0.1, -0.05) is 18.2 Å². The van der Waals surface area contributed by atoms with Gasteiger partial charge in [0.2, 0.25) is 5.78 Å². The molecule has 0 spiro atoms.